The first-order valence-corrected chi connectivity index (χ1v) is 8.35. The van der Waals surface area contributed by atoms with Crippen molar-refractivity contribution in [3.63, 3.8) is 0 Å². The van der Waals surface area contributed by atoms with Gasteiger partial charge in [0.15, 0.2) is 0 Å². The molecule has 0 atom stereocenters. The van der Waals surface area contributed by atoms with Gasteiger partial charge in [-0.1, -0.05) is 19.1 Å². The van der Waals surface area contributed by atoms with E-state index < -0.39 is 0 Å². The molecular weight excluding hydrogens is 316 g/mol. The van der Waals surface area contributed by atoms with Gasteiger partial charge in [0.25, 0.3) is 5.91 Å². The first-order chi connectivity index (χ1) is 12.2. The Balaban J connectivity index is 1.56. The van der Waals surface area contributed by atoms with Crippen LogP contribution in [-0.2, 0) is 11.2 Å². The Morgan fingerprint density at radius 1 is 1.24 bits per heavy atom. The molecule has 0 bridgehead atoms. The fourth-order valence-corrected chi connectivity index (χ4v) is 3.18. The zero-order valence-electron chi connectivity index (χ0n) is 13.9. The molecule has 1 aliphatic heterocycles. The van der Waals surface area contributed by atoms with Crippen LogP contribution in [0, 0.1) is 0 Å². The van der Waals surface area contributed by atoms with Gasteiger partial charge in [-0.15, -0.1) is 0 Å². The largest absolute Gasteiger partial charge is 0.324 e. The highest BCUT2D eigenvalue weighted by Crippen LogP contribution is 2.29. The molecule has 25 heavy (non-hydrogen) atoms. The molecule has 6 nitrogen and oxygen atoms in total. The van der Waals surface area contributed by atoms with E-state index in [9.17, 15) is 9.59 Å². The summed E-state index contributed by atoms with van der Waals surface area (Å²) >= 11 is 0. The highest BCUT2D eigenvalue weighted by atomic mass is 16.2. The standard InChI is InChI=1S/C19H18N4O2/c1-2-17(24)23-10-9-12-11-13(7-8-16(12)23)18(25)22-19-20-14-5-3-4-6-15(14)21-19/h3-8,11H,2,9-10H2,1H3,(H2,20,21,22,25). The number of amides is 2. The monoisotopic (exact) mass is 334 g/mol. The third kappa shape index (κ3) is 2.76. The average molecular weight is 334 g/mol. The molecule has 2 N–H and O–H groups in total. The molecule has 0 fully saturated rings. The van der Waals surface area contributed by atoms with Gasteiger partial charge < -0.3 is 9.88 Å². The predicted octanol–water partition coefficient (Wildman–Crippen LogP) is 3.11. The van der Waals surface area contributed by atoms with E-state index in [0.29, 0.717) is 24.5 Å². The van der Waals surface area contributed by atoms with Crippen LogP contribution in [0.5, 0.6) is 0 Å². The smallest absolute Gasteiger partial charge is 0.257 e. The van der Waals surface area contributed by atoms with E-state index in [2.05, 4.69) is 15.3 Å². The number of carbonyl (C=O) groups is 2. The van der Waals surface area contributed by atoms with Crippen LogP contribution < -0.4 is 10.2 Å². The quantitative estimate of drug-likeness (QED) is 0.772. The van der Waals surface area contributed by atoms with E-state index in [1.807, 2.05) is 43.3 Å². The molecule has 1 aliphatic rings. The molecular formula is C19H18N4O2. The van der Waals surface area contributed by atoms with Crippen LogP contribution >= 0.6 is 0 Å². The zero-order valence-corrected chi connectivity index (χ0v) is 13.9. The van der Waals surface area contributed by atoms with Crippen molar-refractivity contribution in [2.75, 3.05) is 16.8 Å². The maximum absolute atomic E-state index is 12.5. The van der Waals surface area contributed by atoms with Gasteiger partial charge in [-0.25, -0.2) is 4.98 Å². The lowest BCUT2D eigenvalue weighted by Gasteiger charge is -2.16. The second kappa shape index (κ2) is 6.05. The lowest BCUT2D eigenvalue weighted by Crippen LogP contribution is -2.27. The number of aromatic nitrogens is 2. The van der Waals surface area contributed by atoms with Crippen LogP contribution in [0.15, 0.2) is 42.5 Å². The maximum atomic E-state index is 12.5. The summed E-state index contributed by atoms with van der Waals surface area (Å²) in [5.41, 5.74) is 4.18. The Bertz CT molecular complexity index is 943. The molecule has 3 aromatic rings. The number of rotatable bonds is 3. The van der Waals surface area contributed by atoms with Crippen molar-refractivity contribution in [2.24, 2.45) is 0 Å². The van der Waals surface area contributed by atoms with E-state index >= 15 is 0 Å². The summed E-state index contributed by atoms with van der Waals surface area (Å²) in [6.45, 7) is 2.53. The van der Waals surface area contributed by atoms with Gasteiger partial charge in [-0.3, -0.25) is 14.9 Å². The minimum Gasteiger partial charge on any atom is -0.324 e. The number of nitrogens with zero attached hydrogens (tertiary/aromatic N) is 2. The van der Waals surface area contributed by atoms with Gasteiger partial charge in [0.1, 0.15) is 0 Å². The molecule has 126 valence electrons. The Morgan fingerprint density at radius 3 is 2.88 bits per heavy atom. The van der Waals surface area contributed by atoms with Crippen LogP contribution in [-0.4, -0.2) is 28.3 Å². The van der Waals surface area contributed by atoms with Gasteiger partial charge in [-0.05, 0) is 42.3 Å². The van der Waals surface area contributed by atoms with Gasteiger partial charge in [-0.2, -0.15) is 0 Å². The number of anilines is 2. The Kier molecular flexibility index (Phi) is 3.72. The Hall–Kier alpha value is -3.15. The first kappa shape index (κ1) is 15.4. The van der Waals surface area contributed by atoms with Crippen molar-refractivity contribution in [1.29, 1.82) is 0 Å². The van der Waals surface area contributed by atoms with Crippen LogP contribution in [0.4, 0.5) is 11.6 Å². The molecule has 4 rings (SSSR count). The van der Waals surface area contributed by atoms with Gasteiger partial charge >= 0.3 is 0 Å². The zero-order chi connectivity index (χ0) is 17.4. The number of benzene rings is 2. The number of para-hydroxylation sites is 2. The van der Waals surface area contributed by atoms with Gasteiger partial charge in [0.2, 0.25) is 11.9 Å². The highest BCUT2D eigenvalue weighted by molar-refractivity contribution is 6.05. The minimum atomic E-state index is -0.220. The van der Waals surface area contributed by atoms with Crippen molar-refractivity contribution >= 4 is 34.5 Å². The number of fused-ring (bicyclic) bond motifs is 2. The highest BCUT2D eigenvalue weighted by Gasteiger charge is 2.24. The molecule has 0 saturated carbocycles. The lowest BCUT2D eigenvalue weighted by atomic mass is 10.1. The second-order valence-corrected chi connectivity index (χ2v) is 6.05. The fourth-order valence-electron chi connectivity index (χ4n) is 3.18. The van der Waals surface area contributed by atoms with E-state index in [0.717, 1.165) is 28.7 Å². The second-order valence-electron chi connectivity index (χ2n) is 6.05. The third-order valence-electron chi connectivity index (χ3n) is 4.46. The number of aromatic amines is 1. The number of H-pyrrole nitrogens is 1. The number of hydrogen-bond acceptors (Lipinski definition) is 3. The summed E-state index contributed by atoms with van der Waals surface area (Å²) in [4.78, 5) is 33.7. The fraction of sp³-hybridized carbons (Fsp3) is 0.211. The van der Waals surface area contributed by atoms with E-state index in [1.165, 1.54) is 0 Å². The van der Waals surface area contributed by atoms with Crippen molar-refractivity contribution in [1.82, 2.24) is 9.97 Å². The van der Waals surface area contributed by atoms with Crippen molar-refractivity contribution < 1.29 is 9.59 Å². The number of hydrogen-bond donors (Lipinski definition) is 2. The summed E-state index contributed by atoms with van der Waals surface area (Å²) in [6.07, 6.45) is 1.25. The molecule has 6 heteroatoms. The SMILES string of the molecule is CCC(=O)N1CCc2cc(C(=O)Nc3nc4ccccc4[nH]3)ccc21. The van der Waals surface area contributed by atoms with Crippen LogP contribution in [0.3, 0.4) is 0 Å². The number of nitrogens with one attached hydrogen (secondary N) is 2. The predicted molar refractivity (Wildman–Crippen MR) is 96.8 cm³/mol. The molecule has 0 unspecified atom stereocenters. The van der Waals surface area contributed by atoms with Gasteiger partial charge in [0, 0.05) is 24.2 Å². The molecule has 0 radical (unpaired) electrons. The molecule has 0 spiro atoms. The summed E-state index contributed by atoms with van der Waals surface area (Å²) < 4.78 is 0. The molecule has 1 aromatic heterocycles. The van der Waals surface area contributed by atoms with E-state index in [-0.39, 0.29) is 11.8 Å². The van der Waals surface area contributed by atoms with Gasteiger partial charge in [0.05, 0.1) is 11.0 Å². The minimum absolute atomic E-state index is 0.109. The number of carbonyl (C=O) groups excluding carboxylic acids is 2. The van der Waals surface area contributed by atoms with Crippen molar-refractivity contribution in [3.05, 3.63) is 53.6 Å². The van der Waals surface area contributed by atoms with Crippen LogP contribution in [0.2, 0.25) is 0 Å². The topological polar surface area (TPSA) is 78.1 Å². The maximum Gasteiger partial charge on any atom is 0.257 e. The summed E-state index contributed by atoms with van der Waals surface area (Å²) in [6, 6.07) is 13.1. The third-order valence-corrected chi connectivity index (χ3v) is 4.46. The summed E-state index contributed by atoms with van der Waals surface area (Å²) in [5, 5.41) is 2.80. The average Bonchev–Trinajstić information content (AvgIpc) is 3.23. The molecule has 0 aliphatic carbocycles. The van der Waals surface area contributed by atoms with E-state index in [1.54, 1.807) is 11.0 Å². The Morgan fingerprint density at radius 2 is 2.08 bits per heavy atom. The van der Waals surface area contributed by atoms with Crippen molar-refractivity contribution in [3.8, 4) is 0 Å². The normalized spacial score (nSPS) is 13.1. The molecule has 2 amide bonds. The molecule has 0 saturated heterocycles. The number of imidazole rings is 1. The summed E-state index contributed by atoms with van der Waals surface area (Å²) in [7, 11) is 0. The lowest BCUT2D eigenvalue weighted by molar-refractivity contribution is -0.118. The van der Waals surface area contributed by atoms with Crippen LogP contribution in [0.1, 0.15) is 29.3 Å². The van der Waals surface area contributed by atoms with E-state index in [4.69, 9.17) is 0 Å². The summed E-state index contributed by atoms with van der Waals surface area (Å²) in [5.74, 6) is 0.315. The molecule has 2 aromatic carbocycles. The van der Waals surface area contributed by atoms with Crippen LogP contribution in [0.25, 0.3) is 11.0 Å². The first-order valence-electron chi connectivity index (χ1n) is 8.35. The molecule has 2 heterocycles. The van der Waals surface area contributed by atoms with Crippen molar-refractivity contribution in [2.45, 2.75) is 19.8 Å². The Labute approximate surface area is 144 Å².